The molecule has 0 atom stereocenters. The number of carbonyl (C=O) groups is 1. The minimum atomic E-state index is -0.289. The van der Waals surface area contributed by atoms with Gasteiger partial charge in [-0.3, -0.25) is 4.79 Å². The number of benzene rings is 2. The van der Waals surface area contributed by atoms with Crippen molar-refractivity contribution in [2.45, 2.75) is 12.8 Å². The molecule has 0 unspecified atom stereocenters. The standard InChI is InChI=1S/C24H24N6O/c1-18-25-26-21-12-13-22(27-30(18)21)28-14-16-29(17-15-28)24(31)23(19-8-4-2-5-9-19)20-10-6-3-7-11-20/h2-13,23H,14-17H2,1H3. The van der Waals surface area contributed by atoms with E-state index in [1.54, 1.807) is 4.52 Å². The molecular weight excluding hydrogens is 388 g/mol. The number of amides is 1. The van der Waals surface area contributed by atoms with Crippen LogP contribution in [0.3, 0.4) is 0 Å². The lowest BCUT2D eigenvalue weighted by molar-refractivity contribution is -0.132. The first-order chi connectivity index (χ1) is 15.2. The Morgan fingerprint density at radius 3 is 2.03 bits per heavy atom. The molecule has 0 aliphatic carbocycles. The van der Waals surface area contributed by atoms with Crippen molar-refractivity contribution in [3.63, 3.8) is 0 Å². The van der Waals surface area contributed by atoms with Gasteiger partial charge in [0.05, 0.1) is 5.92 Å². The van der Waals surface area contributed by atoms with Crippen LogP contribution in [0, 0.1) is 6.92 Å². The molecule has 3 heterocycles. The number of hydrogen-bond donors (Lipinski definition) is 0. The number of nitrogens with zero attached hydrogens (tertiary/aromatic N) is 6. The van der Waals surface area contributed by atoms with E-state index in [0.29, 0.717) is 13.1 Å². The molecule has 0 bridgehead atoms. The molecule has 156 valence electrons. The molecule has 0 saturated carbocycles. The van der Waals surface area contributed by atoms with Crippen molar-refractivity contribution in [3.8, 4) is 0 Å². The lowest BCUT2D eigenvalue weighted by atomic mass is 9.90. The van der Waals surface area contributed by atoms with Gasteiger partial charge in [0.15, 0.2) is 11.5 Å². The summed E-state index contributed by atoms with van der Waals surface area (Å²) in [5.74, 6) is 1.50. The molecule has 7 nitrogen and oxygen atoms in total. The van der Waals surface area contributed by atoms with Gasteiger partial charge in [-0.05, 0) is 30.2 Å². The summed E-state index contributed by atoms with van der Waals surface area (Å²) >= 11 is 0. The van der Waals surface area contributed by atoms with Crippen molar-refractivity contribution in [1.29, 1.82) is 0 Å². The van der Waals surface area contributed by atoms with Crippen molar-refractivity contribution in [1.82, 2.24) is 24.7 Å². The van der Waals surface area contributed by atoms with Gasteiger partial charge in [0, 0.05) is 26.2 Å². The topological polar surface area (TPSA) is 66.6 Å². The highest BCUT2D eigenvalue weighted by atomic mass is 16.2. The van der Waals surface area contributed by atoms with E-state index >= 15 is 0 Å². The molecule has 2 aromatic carbocycles. The summed E-state index contributed by atoms with van der Waals surface area (Å²) < 4.78 is 1.76. The Bertz CT molecular complexity index is 1140. The van der Waals surface area contributed by atoms with Gasteiger partial charge in [-0.1, -0.05) is 60.7 Å². The molecule has 5 rings (SSSR count). The third-order valence-corrected chi connectivity index (χ3v) is 5.83. The molecule has 0 radical (unpaired) electrons. The van der Waals surface area contributed by atoms with Crippen LogP contribution in [0.2, 0.25) is 0 Å². The van der Waals surface area contributed by atoms with Gasteiger partial charge in [0.25, 0.3) is 0 Å². The number of carbonyl (C=O) groups excluding carboxylic acids is 1. The van der Waals surface area contributed by atoms with Crippen molar-refractivity contribution >= 4 is 17.4 Å². The molecule has 1 aliphatic heterocycles. The van der Waals surface area contributed by atoms with E-state index in [2.05, 4.69) is 20.2 Å². The highest BCUT2D eigenvalue weighted by molar-refractivity contribution is 5.87. The zero-order valence-corrected chi connectivity index (χ0v) is 17.4. The number of aromatic nitrogens is 4. The van der Waals surface area contributed by atoms with Crippen molar-refractivity contribution in [2.75, 3.05) is 31.1 Å². The van der Waals surface area contributed by atoms with Crippen LogP contribution in [0.15, 0.2) is 72.8 Å². The molecule has 2 aromatic heterocycles. The second-order valence-corrected chi connectivity index (χ2v) is 7.78. The minimum absolute atomic E-state index is 0.148. The van der Waals surface area contributed by atoms with Gasteiger partial charge >= 0.3 is 0 Å². The van der Waals surface area contributed by atoms with Crippen molar-refractivity contribution in [3.05, 3.63) is 89.7 Å². The summed E-state index contributed by atoms with van der Waals surface area (Å²) in [5, 5.41) is 12.8. The van der Waals surface area contributed by atoms with Crippen LogP contribution in [0.4, 0.5) is 5.82 Å². The number of anilines is 1. The van der Waals surface area contributed by atoms with Crippen molar-refractivity contribution < 1.29 is 4.79 Å². The Hall–Kier alpha value is -3.74. The normalized spacial score (nSPS) is 14.4. The van der Waals surface area contributed by atoms with Crippen LogP contribution in [-0.4, -0.2) is 56.8 Å². The Labute approximate surface area is 180 Å². The van der Waals surface area contributed by atoms with Crippen LogP contribution in [0.25, 0.3) is 5.65 Å². The Kier molecular flexibility index (Phi) is 5.08. The fourth-order valence-corrected chi connectivity index (χ4v) is 4.16. The smallest absolute Gasteiger partial charge is 0.234 e. The average Bonchev–Trinajstić information content (AvgIpc) is 3.21. The second-order valence-electron chi connectivity index (χ2n) is 7.78. The molecular formula is C24H24N6O. The molecule has 1 saturated heterocycles. The van der Waals surface area contributed by atoms with Gasteiger partial charge in [-0.2, -0.15) is 4.52 Å². The van der Waals surface area contributed by atoms with Crippen LogP contribution in [0.1, 0.15) is 22.9 Å². The van der Waals surface area contributed by atoms with E-state index < -0.39 is 0 Å². The SMILES string of the molecule is Cc1nnc2ccc(N3CCN(C(=O)C(c4ccccc4)c4ccccc4)CC3)nn12. The van der Waals surface area contributed by atoms with E-state index in [1.165, 1.54) is 0 Å². The fourth-order valence-electron chi connectivity index (χ4n) is 4.16. The summed E-state index contributed by atoms with van der Waals surface area (Å²) in [7, 11) is 0. The third-order valence-electron chi connectivity index (χ3n) is 5.83. The zero-order valence-electron chi connectivity index (χ0n) is 17.4. The monoisotopic (exact) mass is 412 g/mol. The molecule has 1 aliphatic rings. The van der Waals surface area contributed by atoms with Crippen LogP contribution in [-0.2, 0) is 4.79 Å². The molecule has 0 N–H and O–H groups in total. The molecule has 0 spiro atoms. The number of hydrogen-bond acceptors (Lipinski definition) is 5. The predicted molar refractivity (Wildman–Crippen MR) is 119 cm³/mol. The highest BCUT2D eigenvalue weighted by Gasteiger charge is 2.30. The van der Waals surface area contributed by atoms with Crippen LogP contribution < -0.4 is 4.90 Å². The predicted octanol–water partition coefficient (Wildman–Crippen LogP) is 2.91. The van der Waals surface area contributed by atoms with E-state index in [9.17, 15) is 4.79 Å². The first-order valence-electron chi connectivity index (χ1n) is 10.5. The zero-order chi connectivity index (χ0) is 21.2. The minimum Gasteiger partial charge on any atom is -0.352 e. The maximum atomic E-state index is 13.6. The quantitative estimate of drug-likeness (QED) is 0.516. The van der Waals surface area contributed by atoms with Crippen LogP contribution >= 0.6 is 0 Å². The maximum Gasteiger partial charge on any atom is 0.234 e. The summed E-state index contributed by atoms with van der Waals surface area (Å²) in [4.78, 5) is 17.8. The Morgan fingerprint density at radius 2 is 1.42 bits per heavy atom. The fraction of sp³-hybridized carbons (Fsp3) is 0.250. The molecule has 7 heteroatoms. The molecule has 31 heavy (non-hydrogen) atoms. The van der Waals surface area contributed by atoms with E-state index in [0.717, 1.165) is 41.5 Å². The largest absolute Gasteiger partial charge is 0.352 e. The first-order valence-corrected chi connectivity index (χ1v) is 10.5. The highest BCUT2D eigenvalue weighted by Crippen LogP contribution is 2.27. The van der Waals surface area contributed by atoms with Gasteiger partial charge in [0.1, 0.15) is 5.82 Å². The summed E-state index contributed by atoms with van der Waals surface area (Å²) in [5.41, 5.74) is 2.79. The molecule has 1 amide bonds. The maximum absolute atomic E-state index is 13.6. The average molecular weight is 412 g/mol. The molecule has 4 aromatic rings. The molecule has 1 fully saturated rings. The van der Waals surface area contributed by atoms with Crippen molar-refractivity contribution in [2.24, 2.45) is 0 Å². The summed E-state index contributed by atoms with van der Waals surface area (Å²) in [6.07, 6.45) is 0. The van der Waals surface area contributed by atoms with Gasteiger partial charge in [-0.15, -0.1) is 15.3 Å². The summed E-state index contributed by atoms with van der Waals surface area (Å²) in [6, 6.07) is 24.0. The van der Waals surface area contributed by atoms with E-state index in [-0.39, 0.29) is 11.8 Å². The van der Waals surface area contributed by atoms with Gasteiger partial charge in [0.2, 0.25) is 5.91 Å². The number of aryl methyl sites for hydroxylation is 1. The number of fused-ring (bicyclic) bond motifs is 1. The van der Waals surface area contributed by atoms with Crippen LogP contribution in [0.5, 0.6) is 0 Å². The van der Waals surface area contributed by atoms with E-state index in [1.807, 2.05) is 84.6 Å². The summed E-state index contributed by atoms with van der Waals surface area (Å²) in [6.45, 7) is 4.69. The lowest BCUT2D eigenvalue weighted by Gasteiger charge is -2.37. The first kappa shape index (κ1) is 19.2. The Balaban J connectivity index is 1.34. The Morgan fingerprint density at radius 1 is 0.806 bits per heavy atom. The number of piperazine rings is 1. The third kappa shape index (κ3) is 3.74. The van der Waals surface area contributed by atoms with Gasteiger partial charge in [-0.25, -0.2) is 0 Å². The number of rotatable bonds is 4. The van der Waals surface area contributed by atoms with E-state index in [4.69, 9.17) is 0 Å². The van der Waals surface area contributed by atoms with Gasteiger partial charge < -0.3 is 9.80 Å². The second kappa shape index (κ2) is 8.18. The lowest BCUT2D eigenvalue weighted by Crippen LogP contribution is -2.50.